The molecule has 110 valence electrons. The maximum absolute atomic E-state index is 11.1. The molecule has 0 aliphatic carbocycles. The van der Waals surface area contributed by atoms with Gasteiger partial charge in [0, 0.05) is 19.1 Å². The first kappa shape index (κ1) is 14.8. The molecular formula is C15H28N2O2. The summed E-state index contributed by atoms with van der Waals surface area (Å²) < 4.78 is 0. The number of carbonyl (C=O) groups is 1. The van der Waals surface area contributed by atoms with E-state index in [1.807, 2.05) is 6.92 Å². The van der Waals surface area contributed by atoms with E-state index in [4.69, 9.17) is 5.11 Å². The molecule has 2 aliphatic rings. The van der Waals surface area contributed by atoms with Crippen LogP contribution < -0.4 is 0 Å². The van der Waals surface area contributed by atoms with E-state index in [1.54, 1.807) is 0 Å². The number of carboxylic acid groups (broad SMARTS) is 1. The third-order valence-electron chi connectivity index (χ3n) is 4.89. The molecule has 4 heteroatoms. The van der Waals surface area contributed by atoms with Gasteiger partial charge in [-0.25, -0.2) is 0 Å². The topological polar surface area (TPSA) is 43.8 Å². The molecule has 0 amide bonds. The molecule has 0 aromatic heterocycles. The molecule has 0 spiro atoms. The number of hydrogen-bond donors (Lipinski definition) is 1. The van der Waals surface area contributed by atoms with Gasteiger partial charge in [-0.15, -0.1) is 0 Å². The lowest BCUT2D eigenvalue weighted by atomic mass is 9.94. The van der Waals surface area contributed by atoms with Crippen LogP contribution in [0.3, 0.4) is 0 Å². The smallest absolute Gasteiger partial charge is 0.320 e. The Bertz CT molecular complexity index is 309. The van der Waals surface area contributed by atoms with Gasteiger partial charge in [0.2, 0.25) is 0 Å². The number of aliphatic carboxylic acids is 1. The van der Waals surface area contributed by atoms with Crippen LogP contribution in [0.2, 0.25) is 0 Å². The summed E-state index contributed by atoms with van der Waals surface area (Å²) >= 11 is 0. The maximum atomic E-state index is 11.1. The summed E-state index contributed by atoms with van der Waals surface area (Å²) in [6.45, 7) is 8.43. The molecule has 0 bridgehead atoms. The van der Waals surface area contributed by atoms with Crippen LogP contribution in [0.25, 0.3) is 0 Å². The SMILES string of the molecule is CC1CCCCN1CC1CCCN(C(C)C(=O)O)C1. The van der Waals surface area contributed by atoms with E-state index in [1.165, 1.54) is 32.2 Å². The van der Waals surface area contributed by atoms with Crippen molar-refractivity contribution in [2.75, 3.05) is 26.2 Å². The van der Waals surface area contributed by atoms with Gasteiger partial charge in [-0.1, -0.05) is 6.42 Å². The Morgan fingerprint density at radius 3 is 2.74 bits per heavy atom. The van der Waals surface area contributed by atoms with Crippen LogP contribution in [0, 0.1) is 5.92 Å². The fourth-order valence-electron chi connectivity index (χ4n) is 3.51. The molecule has 2 fully saturated rings. The first-order chi connectivity index (χ1) is 9.08. The van der Waals surface area contributed by atoms with Crippen molar-refractivity contribution in [1.29, 1.82) is 0 Å². The van der Waals surface area contributed by atoms with E-state index in [2.05, 4.69) is 16.7 Å². The highest BCUT2D eigenvalue weighted by Crippen LogP contribution is 2.23. The number of hydrogen-bond acceptors (Lipinski definition) is 3. The van der Waals surface area contributed by atoms with Gasteiger partial charge < -0.3 is 10.0 Å². The Labute approximate surface area is 116 Å². The zero-order chi connectivity index (χ0) is 13.8. The van der Waals surface area contributed by atoms with Crippen molar-refractivity contribution in [3.8, 4) is 0 Å². The third-order valence-corrected chi connectivity index (χ3v) is 4.89. The molecule has 1 N–H and O–H groups in total. The van der Waals surface area contributed by atoms with Gasteiger partial charge in [-0.2, -0.15) is 0 Å². The quantitative estimate of drug-likeness (QED) is 0.847. The molecule has 3 atom stereocenters. The second-order valence-electron chi connectivity index (χ2n) is 6.36. The minimum Gasteiger partial charge on any atom is -0.480 e. The zero-order valence-corrected chi connectivity index (χ0v) is 12.3. The number of rotatable bonds is 4. The largest absolute Gasteiger partial charge is 0.480 e. The van der Waals surface area contributed by atoms with Gasteiger partial charge in [0.05, 0.1) is 0 Å². The number of nitrogens with zero attached hydrogens (tertiary/aromatic N) is 2. The second kappa shape index (κ2) is 6.71. The van der Waals surface area contributed by atoms with Crippen molar-refractivity contribution < 1.29 is 9.90 Å². The van der Waals surface area contributed by atoms with E-state index < -0.39 is 5.97 Å². The molecular weight excluding hydrogens is 240 g/mol. The van der Waals surface area contributed by atoms with Gasteiger partial charge in [-0.3, -0.25) is 9.69 Å². The third kappa shape index (κ3) is 3.93. The normalized spacial score (nSPS) is 32.1. The highest BCUT2D eigenvalue weighted by Gasteiger charge is 2.29. The highest BCUT2D eigenvalue weighted by atomic mass is 16.4. The maximum Gasteiger partial charge on any atom is 0.320 e. The minimum atomic E-state index is -0.688. The lowest BCUT2D eigenvalue weighted by molar-refractivity contribution is -0.143. The van der Waals surface area contributed by atoms with Crippen molar-refractivity contribution in [1.82, 2.24) is 9.80 Å². The lowest BCUT2D eigenvalue weighted by Gasteiger charge is -2.40. The van der Waals surface area contributed by atoms with E-state index in [0.29, 0.717) is 12.0 Å². The molecule has 2 heterocycles. The van der Waals surface area contributed by atoms with Crippen LogP contribution >= 0.6 is 0 Å². The number of likely N-dealkylation sites (tertiary alicyclic amines) is 2. The molecule has 0 radical (unpaired) electrons. The van der Waals surface area contributed by atoms with Crippen LogP contribution in [0.15, 0.2) is 0 Å². The van der Waals surface area contributed by atoms with E-state index in [9.17, 15) is 4.79 Å². The molecule has 2 rings (SSSR count). The Hall–Kier alpha value is -0.610. The zero-order valence-electron chi connectivity index (χ0n) is 12.3. The van der Waals surface area contributed by atoms with Gasteiger partial charge in [0.25, 0.3) is 0 Å². The van der Waals surface area contributed by atoms with Gasteiger partial charge >= 0.3 is 5.97 Å². The Morgan fingerprint density at radius 2 is 2.05 bits per heavy atom. The molecule has 2 aliphatic heterocycles. The van der Waals surface area contributed by atoms with Gasteiger partial charge in [0.1, 0.15) is 6.04 Å². The number of carboxylic acids is 1. The van der Waals surface area contributed by atoms with Crippen LogP contribution in [-0.4, -0.2) is 59.1 Å². The predicted octanol–water partition coefficient (Wildman–Crippen LogP) is 2.05. The van der Waals surface area contributed by atoms with E-state index >= 15 is 0 Å². The standard InChI is InChI=1S/C15H28N2O2/c1-12-6-3-4-8-16(12)10-14-7-5-9-17(11-14)13(2)15(18)19/h12-14H,3-11H2,1-2H3,(H,18,19). The summed E-state index contributed by atoms with van der Waals surface area (Å²) in [7, 11) is 0. The molecule has 3 unspecified atom stereocenters. The Balaban J connectivity index is 1.85. The van der Waals surface area contributed by atoms with E-state index in [0.717, 1.165) is 26.1 Å². The van der Waals surface area contributed by atoms with Gasteiger partial charge in [0.15, 0.2) is 0 Å². The van der Waals surface area contributed by atoms with Crippen molar-refractivity contribution in [3.05, 3.63) is 0 Å². The summed E-state index contributed by atoms with van der Waals surface area (Å²) in [4.78, 5) is 15.9. The van der Waals surface area contributed by atoms with Crippen LogP contribution in [-0.2, 0) is 4.79 Å². The number of piperidine rings is 2. The minimum absolute atomic E-state index is 0.332. The molecule has 19 heavy (non-hydrogen) atoms. The van der Waals surface area contributed by atoms with Crippen molar-refractivity contribution >= 4 is 5.97 Å². The second-order valence-corrected chi connectivity index (χ2v) is 6.36. The summed E-state index contributed by atoms with van der Waals surface area (Å²) in [5, 5.41) is 9.13. The first-order valence-electron chi connectivity index (χ1n) is 7.79. The predicted molar refractivity (Wildman–Crippen MR) is 76.3 cm³/mol. The summed E-state index contributed by atoms with van der Waals surface area (Å²) in [5.41, 5.74) is 0. The van der Waals surface area contributed by atoms with Crippen molar-refractivity contribution in [3.63, 3.8) is 0 Å². The summed E-state index contributed by atoms with van der Waals surface area (Å²) in [6, 6.07) is 0.377. The fraction of sp³-hybridized carbons (Fsp3) is 0.933. The highest BCUT2D eigenvalue weighted by molar-refractivity contribution is 5.72. The first-order valence-corrected chi connectivity index (χ1v) is 7.79. The van der Waals surface area contributed by atoms with Crippen LogP contribution in [0.4, 0.5) is 0 Å². The van der Waals surface area contributed by atoms with Crippen LogP contribution in [0.1, 0.15) is 46.0 Å². The molecule has 0 aromatic carbocycles. The Kier molecular flexibility index (Phi) is 5.22. The lowest BCUT2D eigenvalue weighted by Crippen LogP contribution is -2.49. The molecule has 0 saturated carbocycles. The van der Waals surface area contributed by atoms with E-state index in [-0.39, 0.29) is 6.04 Å². The molecule has 2 saturated heterocycles. The average Bonchev–Trinajstić information content (AvgIpc) is 2.41. The summed E-state index contributed by atoms with van der Waals surface area (Å²) in [6.07, 6.45) is 6.41. The fourth-order valence-corrected chi connectivity index (χ4v) is 3.51. The average molecular weight is 268 g/mol. The monoisotopic (exact) mass is 268 g/mol. The molecule has 4 nitrogen and oxygen atoms in total. The summed E-state index contributed by atoms with van der Waals surface area (Å²) in [5.74, 6) is -0.0388. The molecule has 0 aromatic rings. The Morgan fingerprint density at radius 1 is 1.26 bits per heavy atom. The van der Waals surface area contributed by atoms with Crippen LogP contribution in [0.5, 0.6) is 0 Å². The van der Waals surface area contributed by atoms with Gasteiger partial charge in [-0.05, 0) is 58.5 Å². The van der Waals surface area contributed by atoms with Crippen molar-refractivity contribution in [2.45, 2.75) is 58.0 Å². The van der Waals surface area contributed by atoms with Crippen molar-refractivity contribution in [2.24, 2.45) is 5.92 Å².